The molecule has 4 bridgehead atoms. The highest BCUT2D eigenvalue weighted by atomic mass is 79.9. The van der Waals surface area contributed by atoms with Gasteiger partial charge in [0.1, 0.15) is 5.82 Å². The molecule has 2 aromatic rings. The average Bonchev–Trinajstić information content (AvgIpc) is 2.62. The van der Waals surface area contributed by atoms with Crippen molar-refractivity contribution in [3.05, 3.63) is 52.6 Å². The molecule has 0 radical (unpaired) electrons. The number of aromatic nitrogens is 1. The zero-order chi connectivity index (χ0) is 18.4. The molecule has 0 saturated heterocycles. The smallest absolute Gasteiger partial charge is 0.256 e. The molecule has 5 heteroatoms. The number of carbonyl (C=O) groups is 1. The van der Waals surface area contributed by atoms with Gasteiger partial charge in [-0.25, -0.2) is 4.98 Å². The summed E-state index contributed by atoms with van der Waals surface area (Å²) >= 11 is 3.42. The van der Waals surface area contributed by atoms with Gasteiger partial charge in [-0.2, -0.15) is 0 Å². The molecule has 6 rings (SSSR count). The summed E-state index contributed by atoms with van der Waals surface area (Å²) in [5.41, 5.74) is 1.58. The number of hydrogen-bond donors (Lipinski definition) is 2. The van der Waals surface area contributed by atoms with Crippen molar-refractivity contribution in [1.29, 1.82) is 0 Å². The lowest BCUT2D eigenvalue weighted by Crippen LogP contribution is -2.54. The van der Waals surface area contributed by atoms with Gasteiger partial charge in [-0.05, 0) is 96.5 Å². The predicted molar refractivity (Wildman–Crippen MR) is 111 cm³/mol. The summed E-state index contributed by atoms with van der Waals surface area (Å²) in [6.45, 7) is 0. The number of pyridine rings is 1. The van der Waals surface area contributed by atoms with Gasteiger partial charge in [-0.3, -0.25) is 4.79 Å². The molecule has 4 nitrogen and oxygen atoms in total. The van der Waals surface area contributed by atoms with E-state index in [0.717, 1.165) is 28.0 Å². The second kappa shape index (κ2) is 6.62. The van der Waals surface area contributed by atoms with Crippen LogP contribution >= 0.6 is 15.9 Å². The average molecular weight is 426 g/mol. The maximum Gasteiger partial charge on any atom is 0.256 e. The Kier molecular flexibility index (Phi) is 4.23. The Bertz CT molecular complexity index is 829. The van der Waals surface area contributed by atoms with Crippen LogP contribution in [-0.2, 0) is 0 Å². The van der Waals surface area contributed by atoms with Crippen LogP contribution in [0.3, 0.4) is 0 Å². The van der Waals surface area contributed by atoms with Gasteiger partial charge in [0, 0.05) is 10.0 Å². The number of amides is 1. The first-order chi connectivity index (χ1) is 13.1. The van der Waals surface area contributed by atoms with E-state index in [1.807, 2.05) is 30.3 Å². The first kappa shape index (κ1) is 17.2. The molecule has 1 aromatic carbocycles. The third kappa shape index (κ3) is 3.38. The molecule has 4 aliphatic carbocycles. The summed E-state index contributed by atoms with van der Waals surface area (Å²) < 4.78 is 0.788. The van der Waals surface area contributed by atoms with Crippen molar-refractivity contribution in [2.24, 2.45) is 17.8 Å². The van der Waals surface area contributed by atoms with Crippen molar-refractivity contribution in [2.45, 2.75) is 44.1 Å². The number of nitrogens with one attached hydrogen (secondary N) is 2. The summed E-state index contributed by atoms with van der Waals surface area (Å²) in [7, 11) is 0. The molecule has 0 spiro atoms. The number of halogens is 1. The van der Waals surface area contributed by atoms with E-state index in [0.29, 0.717) is 11.3 Å². The molecule has 0 atom stereocenters. The van der Waals surface area contributed by atoms with Gasteiger partial charge in [0.25, 0.3) is 5.91 Å². The molecule has 1 amide bonds. The molecule has 4 saturated carbocycles. The van der Waals surface area contributed by atoms with Crippen LogP contribution in [-0.4, -0.2) is 16.4 Å². The molecule has 1 heterocycles. The standard InChI is InChI=1S/C22H24BrN3O/c23-19-4-2-1-3-18(19)21(27)25-17-5-6-20(24-13-17)26-22-10-14-7-15(11-22)9-16(8-14)12-22/h1-6,13-16H,7-12H2,(H,24,26)(H,25,27). The normalized spacial score (nSPS) is 30.9. The van der Waals surface area contributed by atoms with E-state index >= 15 is 0 Å². The Morgan fingerprint density at radius 1 is 1.00 bits per heavy atom. The van der Waals surface area contributed by atoms with E-state index in [4.69, 9.17) is 0 Å². The van der Waals surface area contributed by atoms with Crippen molar-refractivity contribution in [2.75, 3.05) is 10.6 Å². The Balaban J connectivity index is 1.27. The Morgan fingerprint density at radius 2 is 1.67 bits per heavy atom. The van der Waals surface area contributed by atoms with Crippen LogP contribution in [0.5, 0.6) is 0 Å². The van der Waals surface area contributed by atoms with E-state index < -0.39 is 0 Å². The highest BCUT2D eigenvalue weighted by molar-refractivity contribution is 9.10. The van der Waals surface area contributed by atoms with E-state index in [-0.39, 0.29) is 11.4 Å². The van der Waals surface area contributed by atoms with Crippen LogP contribution in [0, 0.1) is 17.8 Å². The van der Waals surface area contributed by atoms with Crippen LogP contribution in [0.4, 0.5) is 11.5 Å². The molecule has 1 aromatic heterocycles. The molecule has 140 valence electrons. The first-order valence-electron chi connectivity index (χ1n) is 9.89. The van der Waals surface area contributed by atoms with Gasteiger partial charge in [0.15, 0.2) is 0 Å². The van der Waals surface area contributed by atoms with E-state index in [1.54, 1.807) is 12.3 Å². The summed E-state index contributed by atoms with van der Waals surface area (Å²) in [5.74, 6) is 3.52. The summed E-state index contributed by atoms with van der Waals surface area (Å²) in [6.07, 6.45) is 9.94. The van der Waals surface area contributed by atoms with E-state index in [9.17, 15) is 4.79 Å². The molecule has 0 aliphatic heterocycles. The molecule has 4 aliphatic rings. The molecule has 27 heavy (non-hydrogen) atoms. The Morgan fingerprint density at radius 3 is 2.26 bits per heavy atom. The van der Waals surface area contributed by atoms with Gasteiger partial charge >= 0.3 is 0 Å². The van der Waals surface area contributed by atoms with Crippen molar-refractivity contribution in [3.63, 3.8) is 0 Å². The number of anilines is 2. The van der Waals surface area contributed by atoms with Crippen molar-refractivity contribution in [1.82, 2.24) is 4.98 Å². The fraction of sp³-hybridized carbons (Fsp3) is 0.455. The van der Waals surface area contributed by atoms with Crippen LogP contribution in [0.25, 0.3) is 0 Å². The third-order valence-corrected chi connectivity index (χ3v) is 7.26. The summed E-state index contributed by atoms with van der Waals surface area (Å²) in [5, 5.41) is 6.70. The van der Waals surface area contributed by atoms with Crippen LogP contribution in [0.1, 0.15) is 48.9 Å². The van der Waals surface area contributed by atoms with Gasteiger partial charge in [-0.1, -0.05) is 12.1 Å². The number of rotatable bonds is 4. The highest BCUT2D eigenvalue weighted by Gasteiger charge is 2.51. The van der Waals surface area contributed by atoms with Crippen molar-refractivity contribution >= 4 is 33.3 Å². The van der Waals surface area contributed by atoms with Gasteiger partial charge < -0.3 is 10.6 Å². The fourth-order valence-electron chi connectivity index (χ4n) is 5.92. The maximum atomic E-state index is 12.4. The second-order valence-corrected chi connectivity index (χ2v) is 9.54. The van der Waals surface area contributed by atoms with Crippen LogP contribution < -0.4 is 10.6 Å². The minimum atomic E-state index is -0.133. The highest BCUT2D eigenvalue weighted by Crippen LogP contribution is 2.56. The zero-order valence-corrected chi connectivity index (χ0v) is 16.8. The third-order valence-electron chi connectivity index (χ3n) is 6.57. The molecule has 0 unspecified atom stereocenters. The molecule has 4 fully saturated rings. The predicted octanol–water partition coefficient (Wildman–Crippen LogP) is 5.48. The Hall–Kier alpha value is -1.88. The van der Waals surface area contributed by atoms with Crippen molar-refractivity contribution < 1.29 is 4.79 Å². The van der Waals surface area contributed by atoms with Gasteiger partial charge in [0.05, 0.1) is 17.4 Å². The summed E-state index contributed by atoms with van der Waals surface area (Å²) in [6, 6.07) is 11.4. The number of hydrogen-bond acceptors (Lipinski definition) is 3. The first-order valence-corrected chi connectivity index (χ1v) is 10.7. The fourth-order valence-corrected chi connectivity index (χ4v) is 6.39. The lowest BCUT2D eigenvalue weighted by Gasteiger charge is -2.57. The largest absolute Gasteiger partial charge is 0.365 e. The van der Waals surface area contributed by atoms with Crippen molar-refractivity contribution in [3.8, 4) is 0 Å². The summed E-state index contributed by atoms with van der Waals surface area (Å²) in [4.78, 5) is 17.0. The Labute approximate surface area is 168 Å². The lowest BCUT2D eigenvalue weighted by molar-refractivity contribution is 0.0105. The second-order valence-electron chi connectivity index (χ2n) is 8.69. The molecular formula is C22H24BrN3O. The van der Waals surface area contributed by atoms with Crippen LogP contribution in [0.15, 0.2) is 47.1 Å². The molecular weight excluding hydrogens is 402 g/mol. The lowest BCUT2D eigenvalue weighted by atomic mass is 9.53. The van der Waals surface area contributed by atoms with Gasteiger partial charge in [0.2, 0.25) is 0 Å². The van der Waals surface area contributed by atoms with E-state index in [2.05, 4.69) is 31.5 Å². The minimum Gasteiger partial charge on any atom is -0.365 e. The number of carbonyl (C=O) groups excluding carboxylic acids is 1. The maximum absolute atomic E-state index is 12.4. The quantitative estimate of drug-likeness (QED) is 0.681. The SMILES string of the molecule is O=C(Nc1ccc(NC23CC4CC(CC(C4)C2)C3)nc1)c1ccccc1Br. The minimum absolute atomic E-state index is 0.133. The van der Waals surface area contributed by atoms with Gasteiger partial charge in [-0.15, -0.1) is 0 Å². The number of nitrogens with zero attached hydrogens (tertiary/aromatic N) is 1. The molecule has 2 N–H and O–H groups in total. The van der Waals surface area contributed by atoms with E-state index in [1.165, 1.54) is 38.5 Å². The monoisotopic (exact) mass is 425 g/mol. The topological polar surface area (TPSA) is 54.0 Å². The number of benzene rings is 1. The zero-order valence-electron chi connectivity index (χ0n) is 15.2. The van der Waals surface area contributed by atoms with Crippen LogP contribution in [0.2, 0.25) is 0 Å².